The third kappa shape index (κ3) is 4.50. The van der Waals surface area contributed by atoms with Gasteiger partial charge in [-0.25, -0.2) is 4.79 Å². The second kappa shape index (κ2) is 8.46. The van der Waals surface area contributed by atoms with Crippen LogP contribution in [0.1, 0.15) is 39.0 Å². The first-order valence-corrected chi connectivity index (χ1v) is 9.26. The number of carbonyl (C=O) groups excluding carboxylic acids is 2. The number of nitrogens with one attached hydrogen (secondary N) is 1. The minimum absolute atomic E-state index is 0.164. The molecule has 0 fully saturated rings. The van der Waals surface area contributed by atoms with E-state index in [1.807, 2.05) is 46.0 Å². The van der Waals surface area contributed by atoms with Crippen molar-refractivity contribution in [2.24, 2.45) is 7.05 Å². The number of hydrogen-bond acceptors (Lipinski definition) is 6. The molecule has 26 heavy (non-hydrogen) atoms. The number of esters is 1. The molecule has 0 unspecified atom stereocenters. The van der Waals surface area contributed by atoms with E-state index in [9.17, 15) is 9.59 Å². The van der Waals surface area contributed by atoms with Gasteiger partial charge in [-0.3, -0.25) is 14.4 Å². The summed E-state index contributed by atoms with van der Waals surface area (Å²) in [4.78, 5) is 27.5. The number of aryl methyl sites for hydroxylation is 3. The van der Waals surface area contributed by atoms with Gasteiger partial charge < -0.3 is 10.1 Å². The van der Waals surface area contributed by atoms with Crippen LogP contribution < -0.4 is 5.32 Å². The molecule has 1 N–H and O–H groups in total. The van der Waals surface area contributed by atoms with Crippen molar-refractivity contribution >= 4 is 28.2 Å². The summed E-state index contributed by atoms with van der Waals surface area (Å²) >= 11 is 1.41. The van der Waals surface area contributed by atoms with E-state index in [2.05, 4.69) is 10.4 Å². The van der Waals surface area contributed by atoms with Crippen LogP contribution >= 0.6 is 11.3 Å². The highest BCUT2D eigenvalue weighted by molar-refractivity contribution is 7.16. The third-order valence-electron chi connectivity index (χ3n) is 4.17. The Morgan fingerprint density at radius 3 is 2.62 bits per heavy atom. The minimum atomic E-state index is -0.416. The average Bonchev–Trinajstić information content (AvgIpc) is 3.04. The molecule has 0 bridgehead atoms. The fraction of sp³-hybridized carbons (Fsp3) is 0.500. The molecule has 0 aliphatic heterocycles. The van der Waals surface area contributed by atoms with E-state index >= 15 is 0 Å². The number of aromatic nitrogens is 2. The van der Waals surface area contributed by atoms with Crippen LogP contribution in [0.2, 0.25) is 0 Å². The molecule has 0 atom stereocenters. The monoisotopic (exact) mass is 378 g/mol. The van der Waals surface area contributed by atoms with Crippen LogP contribution in [0.4, 0.5) is 5.00 Å². The van der Waals surface area contributed by atoms with Gasteiger partial charge in [0.1, 0.15) is 5.00 Å². The summed E-state index contributed by atoms with van der Waals surface area (Å²) in [6, 6.07) is 0. The van der Waals surface area contributed by atoms with Crippen molar-refractivity contribution in [2.75, 3.05) is 26.0 Å². The Hall–Kier alpha value is -2.19. The van der Waals surface area contributed by atoms with E-state index in [0.717, 1.165) is 21.7 Å². The summed E-state index contributed by atoms with van der Waals surface area (Å²) in [6.07, 6.45) is 2.66. The summed E-state index contributed by atoms with van der Waals surface area (Å²) in [5.41, 5.74) is 3.43. The molecule has 8 heteroatoms. The topological polar surface area (TPSA) is 76.5 Å². The maximum atomic E-state index is 12.5. The number of methoxy groups -OCH3 is 1. The summed E-state index contributed by atoms with van der Waals surface area (Å²) < 4.78 is 6.65. The molecule has 2 aromatic rings. The van der Waals surface area contributed by atoms with E-state index in [4.69, 9.17) is 4.74 Å². The highest BCUT2D eigenvalue weighted by Gasteiger charge is 2.23. The summed E-state index contributed by atoms with van der Waals surface area (Å²) in [6.45, 7) is 6.72. The van der Waals surface area contributed by atoms with Crippen LogP contribution in [-0.4, -0.2) is 47.3 Å². The van der Waals surface area contributed by atoms with Crippen molar-refractivity contribution < 1.29 is 14.3 Å². The van der Waals surface area contributed by atoms with Crippen molar-refractivity contribution in [3.63, 3.8) is 0 Å². The van der Waals surface area contributed by atoms with Gasteiger partial charge >= 0.3 is 5.97 Å². The number of hydrogen-bond donors (Lipinski definition) is 1. The Morgan fingerprint density at radius 1 is 1.38 bits per heavy atom. The van der Waals surface area contributed by atoms with Gasteiger partial charge in [0.2, 0.25) is 5.91 Å². The lowest BCUT2D eigenvalue weighted by atomic mass is 10.1. The standard InChI is InChI=1S/C18H26N4O3S/c1-7-14-12(3)26-17(16(14)18(24)25-6)19-15(23)10-21(4)8-13-9-22(5)20-11(13)2/h9H,7-8,10H2,1-6H3,(H,19,23). The molecular weight excluding hydrogens is 352 g/mol. The number of likely N-dealkylation sites (N-methyl/N-ethyl adjacent to an activating group) is 1. The molecule has 142 valence electrons. The van der Waals surface area contributed by atoms with Crippen molar-refractivity contribution in [1.82, 2.24) is 14.7 Å². The predicted octanol–water partition coefficient (Wildman–Crippen LogP) is 2.52. The zero-order chi connectivity index (χ0) is 19.4. The smallest absolute Gasteiger partial charge is 0.341 e. The van der Waals surface area contributed by atoms with Gasteiger partial charge in [0.05, 0.1) is 24.9 Å². The molecule has 2 aromatic heterocycles. The number of ether oxygens (including phenoxy) is 1. The maximum absolute atomic E-state index is 12.5. The lowest BCUT2D eigenvalue weighted by molar-refractivity contribution is -0.117. The third-order valence-corrected chi connectivity index (χ3v) is 5.24. The Kier molecular flexibility index (Phi) is 6.55. The van der Waals surface area contributed by atoms with Crippen LogP contribution in [0, 0.1) is 13.8 Å². The minimum Gasteiger partial charge on any atom is -0.465 e. The molecule has 2 heterocycles. The van der Waals surface area contributed by atoms with Crippen LogP contribution in [0.3, 0.4) is 0 Å². The van der Waals surface area contributed by atoms with Crippen LogP contribution in [-0.2, 0) is 29.5 Å². The number of thiophene rings is 1. The fourth-order valence-corrected chi connectivity index (χ4v) is 4.12. The van der Waals surface area contributed by atoms with Crippen molar-refractivity contribution in [3.8, 4) is 0 Å². The molecule has 0 saturated carbocycles. The van der Waals surface area contributed by atoms with Crippen molar-refractivity contribution in [1.29, 1.82) is 0 Å². The Balaban J connectivity index is 2.07. The van der Waals surface area contributed by atoms with Crippen LogP contribution in [0.5, 0.6) is 0 Å². The van der Waals surface area contributed by atoms with Gasteiger partial charge in [-0.1, -0.05) is 6.92 Å². The first-order chi connectivity index (χ1) is 12.3. The zero-order valence-corrected chi connectivity index (χ0v) is 17.0. The van der Waals surface area contributed by atoms with Gasteiger partial charge in [-0.2, -0.15) is 5.10 Å². The lowest BCUT2D eigenvalue weighted by Crippen LogP contribution is -2.30. The first kappa shape index (κ1) is 20.1. The molecular formula is C18H26N4O3S. The number of carbonyl (C=O) groups is 2. The molecule has 0 aromatic carbocycles. The van der Waals surface area contributed by atoms with Gasteiger partial charge in [-0.15, -0.1) is 11.3 Å². The molecule has 2 rings (SSSR count). The van der Waals surface area contributed by atoms with E-state index in [1.54, 1.807) is 4.68 Å². The molecule has 0 radical (unpaired) electrons. The number of nitrogens with zero attached hydrogens (tertiary/aromatic N) is 3. The van der Waals surface area contributed by atoms with E-state index in [0.29, 0.717) is 23.5 Å². The predicted molar refractivity (Wildman–Crippen MR) is 103 cm³/mol. The zero-order valence-electron chi connectivity index (χ0n) is 16.2. The Morgan fingerprint density at radius 2 is 2.08 bits per heavy atom. The van der Waals surface area contributed by atoms with Gasteiger partial charge in [-0.05, 0) is 32.9 Å². The van der Waals surface area contributed by atoms with Gasteiger partial charge in [0.25, 0.3) is 0 Å². The van der Waals surface area contributed by atoms with E-state index in [1.165, 1.54) is 18.4 Å². The molecule has 0 spiro atoms. The maximum Gasteiger partial charge on any atom is 0.341 e. The van der Waals surface area contributed by atoms with Crippen molar-refractivity contribution in [2.45, 2.75) is 33.7 Å². The van der Waals surface area contributed by atoms with Crippen LogP contribution in [0.25, 0.3) is 0 Å². The molecule has 0 aliphatic rings. The normalized spacial score (nSPS) is 11.0. The Bertz CT molecular complexity index is 810. The number of anilines is 1. The second-order valence-electron chi connectivity index (χ2n) is 6.32. The highest BCUT2D eigenvalue weighted by Crippen LogP contribution is 2.34. The lowest BCUT2D eigenvalue weighted by Gasteiger charge is -2.15. The van der Waals surface area contributed by atoms with E-state index < -0.39 is 5.97 Å². The summed E-state index contributed by atoms with van der Waals surface area (Å²) in [5.74, 6) is -0.580. The molecule has 0 saturated heterocycles. The summed E-state index contributed by atoms with van der Waals surface area (Å²) in [5, 5.41) is 7.74. The Labute approximate surface area is 157 Å². The van der Waals surface area contributed by atoms with Gasteiger partial charge in [0.15, 0.2) is 0 Å². The summed E-state index contributed by atoms with van der Waals surface area (Å²) in [7, 11) is 5.11. The first-order valence-electron chi connectivity index (χ1n) is 8.44. The largest absolute Gasteiger partial charge is 0.465 e. The molecule has 1 amide bonds. The average molecular weight is 378 g/mol. The van der Waals surface area contributed by atoms with E-state index in [-0.39, 0.29) is 12.5 Å². The highest BCUT2D eigenvalue weighted by atomic mass is 32.1. The number of rotatable bonds is 7. The van der Waals surface area contributed by atoms with Crippen molar-refractivity contribution in [3.05, 3.63) is 33.5 Å². The quantitative estimate of drug-likeness (QED) is 0.749. The fourth-order valence-electron chi connectivity index (χ4n) is 2.97. The molecule has 0 aliphatic carbocycles. The molecule has 7 nitrogen and oxygen atoms in total. The number of amides is 1. The SMILES string of the molecule is CCc1c(C)sc(NC(=O)CN(C)Cc2cn(C)nc2C)c1C(=O)OC. The second-order valence-corrected chi connectivity index (χ2v) is 7.54. The van der Waals surface area contributed by atoms with Crippen LogP contribution in [0.15, 0.2) is 6.20 Å². The van der Waals surface area contributed by atoms with Gasteiger partial charge in [0, 0.05) is 30.2 Å².